The van der Waals surface area contributed by atoms with Gasteiger partial charge in [0.2, 0.25) is 5.91 Å². The molecule has 190 valence electrons. The fourth-order valence-corrected chi connectivity index (χ4v) is 5.93. The largest absolute Gasteiger partial charge is 0.326 e. The number of aryl methyl sites for hydroxylation is 1. The average Bonchev–Trinajstić information content (AvgIpc) is 3.26. The molecule has 37 heavy (non-hydrogen) atoms. The summed E-state index contributed by atoms with van der Waals surface area (Å²) in [5, 5.41) is 10.6. The molecule has 0 unspecified atom stereocenters. The van der Waals surface area contributed by atoms with Crippen molar-refractivity contribution in [3.05, 3.63) is 86.6 Å². The third-order valence-corrected chi connectivity index (χ3v) is 7.82. The van der Waals surface area contributed by atoms with Crippen molar-refractivity contribution in [1.29, 1.82) is 0 Å². The molecule has 12 heteroatoms. The van der Waals surface area contributed by atoms with Gasteiger partial charge in [0.25, 0.3) is 5.91 Å². The van der Waals surface area contributed by atoms with Crippen molar-refractivity contribution in [3.8, 4) is 0 Å². The molecule has 5 rings (SSSR count). The Morgan fingerprint density at radius 1 is 1.00 bits per heavy atom. The number of amides is 2. The number of benzene rings is 3. The van der Waals surface area contributed by atoms with E-state index in [9.17, 15) is 14.0 Å². The molecule has 3 aromatic carbocycles. The highest BCUT2D eigenvalue weighted by atomic mass is 35.5. The van der Waals surface area contributed by atoms with Crippen LogP contribution in [0, 0.1) is 11.7 Å². The van der Waals surface area contributed by atoms with E-state index in [1.165, 1.54) is 28.9 Å². The van der Waals surface area contributed by atoms with Gasteiger partial charge in [0.1, 0.15) is 10.2 Å². The van der Waals surface area contributed by atoms with Crippen molar-refractivity contribution in [2.75, 3.05) is 10.6 Å². The first-order valence-corrected chi connectivity index (χ1v) is 12.7. The van der Waals surface area contributed by atoms with E-state index in [4.69, 9.17) is 58.0 Å². The molecule has 1 aromatic heterocycles. The minimum atomic E-state index is -1.37. The van der Waals surface area contributed by atoms with Crippen LogP contribution in [0.1, 0.15) is 21.8 Å². The number of nitrogens with zero attached hydrogens (tertiary/aromatic N) is 2. The maximum Gasteiger partial charge on any atom is 0.258 e. The van der Waals surface area contributed by atoms with Crippen LogP contribution in [0.2, 0.25) is 15.1 Å². The van der Waals surface area contributed by atoms with Gasteiger partial charge in [-0.15, -0.1) is 23.2 Å². The summed E-state index contributed by atoms with van der Waals surface area (Å²) < 4.78 is 14.5. The zero-order valence-corrected chi connectivity index (χ0v) is 22.6. The molecule has 0 radical (unpaired) electrons. The van der Waals surface area contributed by atoms with E-state index in [1.807, 2.05) is 0 Å². The van der Waals surface area contributed by atoms with E-state index in [0.29, 0.717) is 21.1 Å². The maximum absolute atomic E-state index is 14.4. The summed E-state index contributed by atoms with van der Waals surface area (Å²) in [6.07, 6.45) is 0. The van der Waals surface area contributed by atoms with E-state index >= 15 is 0 Å². The minimum Gasteiger partial charge on any atom is -0.326 e. The molecule has 0 aliphatic heterocycles. The number of halogens is 6. The molecule has 1 saturated carbocycles. The van der Waals surface area contributed by atoms with Gasteiger partial charge in [0, 0.05) is 28.7 Å². The molecule has 0 saturated heterocycles. The lowest BCUT2D eigenvalue weighted by Crippen LogP contribution is -2.18. The molecule has 0 bridgehead atoms. The summed E-state index contributed by atoms with van der Waals surface area (Å²) in [5.74, 6) is -2.90. The highest BCUT2D eigenvalue weighted by molar-refractivity contribution is 6.53. The molecule has 0 spiro atoms. The van der Waals surface area contributed by atoms with Crippen molar-refractivity contribution in [2.45, 2.75) is 10.3 Å². The van der Waals surface area contributed by atoms with Crippen molar-refractivity contribution in [1.82, 2.24) is 9.78 Å². The van der Waals surface area contributed by atoms with Crippen LogP contribution in [-0.2, 0) is 11.8 Å². The second kappa shape index (κ2) is 9.64. The first-order chi connectivity index (χ1) is 17.5. The molecule has 1 aliphatic carbocycles. The number of carbonyl (C=O) groups excluding carboxylic acids is 2. The Bertz CT molecular complexity index is 1570. The number of fused-ring (bicyclic) bond motifs is 1. The van der Waals surface area contributed by atoms with Crippen LogP contribution in [0.3, 0.4) is 0 Å². The van der Waals surface area contributed by atoms with Crippen LogP contribution >= 0.6 is 58.0 Å². The van der Waals surface area contributed by atoms with E-state index < -0.39 is 33.8 Å². The Morgan fingerprint density at radius 2 is 1.70 bits per heavy atom. The van der Waals surface area contributed by atoms with Crippen LogP contribution in [0.25, 0.3) is 10.9 Å². The smallest absolute Gasteiger partial charge is 0.258 e. The number of hydrogen-bond acceptors (Lipinski definition) is 3. The van der Waals surface area contributed by atoms with Crippen LogP contribution in [-0.4, -0.2) is 25.9 Å². The summed E-state index contributed by atoms with van der Waals surface area (Å²) in [4.78, 5) is 26.1. The normalized spacial score (nSPS) is 18.0. The van der Waals surface area contributed by atoms with Gasteiger partial charge in [-0.3, -0.25) is 14.3 Å². The fourth-order valence-electron chi connectivity index (χ4n) is 4.35. The Labute approximate surface area is 235 Å². The monoisotopic (exact) mass is 598 g/mol. The highest BCUT2D eigenvalue weighted by Crippen LogP contribution is 2.65. The maximum atomic E-state index is 14.4. The van der Waals surface area contributed by atoms with Gasteiger partial charge in [-0.25, -0.2) is 4.39 Å². The van der Waals surface area contributed by atoms with E-state index in [2.05, 4.69) is 15.7 Å². The van der Waals surface area contributed by atoms with Crippen molar-refractivity contribution in [2.24, 2.45) is 13.0 Å². The molecule has 1 fully saturated rings. The highest BCUT2D eigenvalue weighted by Gasteiger charge is 2.67. The summed E-state index contributed by atoms with van der Waals surface area (Å²) in [6.45, 7) is 0. The van der Waals surface area contributed by atoms with E-state index in [-0.39, 0.29) is 27.5 Å². The Morgan fingerprint density at radius 3 is 2.41 bits per heavy atom. The van der Waals surface area contributed by atoms with Gasteiger partial charge >= 0.3 is 0 Å². The van der Waals surface area contributed by atoms with Gasteiger partial charge in [-0.2, -0.15) is 5.10 Å². The fraction of sp³-hybridized carbons (Fsp3) is 0.160. The summed E-state index contributed by atoms with van der Waals surface area (Å²) in [7, 11) is 1.64. The zero-order chi connectivity index (χ0) is 26.6. The number of carbonyl (C=O) groups is 2. The first-order valence-electron chi connectivity index (χ1n) is 10.8. The molecule has 6 nitrogen and oxygen atoms in total. The molecular formula is C25H16Cl5FN4O2. The lowest BCUT2D eigenvalue weighted by molar-refractivity contribution is -0.117. The molecule has 4 aromatic rings. The number of anilines is 2. The van der Waals surface area contributed by atoms with Gasteiger partial charge in [0.15, 0.2) is 5.82 Å². The van der Waals surface area contributed by atoms with Crippen LogP contribution in [0.4, 0.5) is 15.9 Å². The predicted octanol–water partition coefficient (Wildman–Crippen LogP) is 7.45. The topological polar surface area (TPSA) is 76.0 Å². The third-order valence-electron chi connectivity index (χ3n) is 6.12. The van der Waals surface area contributed by atoms with Crippen molar-refractivity contribution >= 4 is 92.2 Å². The second-order valence-electron chi connectivity index (χ2n) is 8.58. The zero-order valence-electron chi connectivity index (χ0n) is 18.8. The molecule has 2 N–H and O–H groups in total. The Kier molecular flexibility index (Phi) is 6.79. The van der Waals surface area contributed by atoms with Crippen molar-refractivity contribution in [3.63, 3.8) is 0 Å². The number of rotatable bonds is 5. The number of nitrogens with one attached hydrogen (secondary N) is 2. The second-order valence-corrected chi connectivity index (χ2v) is 11.3. The predicted molar refractivity (Wildman–Crippen MR) is 146 cm³/mol. The lowest BCUT2D eigenvalue weighted by Gasteiger charge is -2.10. The van der Waals surface area contributed by atoms with Crippen molar-refractivity contribution < 1.29 is 14.0 Å². The Hall–Kier alpha value is -2.55. The molecular weight excluding hydrogens is 585 g/mol. The lowest BCUT2D eigenvalue weighted by atomic mass is 10.1. The quantitative estimate of drug-likeness (QED) is 0.234. The summed E-state index contributed by atoms with van der Waals surface area (Å²) >= 11 is 31.3. The summed E-state index contributed by atoms with van der Waals surface area (Å²) in [6, 6.07) is 13.8. The average molecular weight is 601 g/mol. The SMILES string of the molecule is Cn1nc(NC(=O)c2cc(NC(=O)[C@@H]3[C@@H](c4cc(Cl)cc(Cl)c4)C3(Cl)Cl)ccc2Cl)c2c(F)cccc21. The van der Waals surface area contributed by atoms with Gasteiger partial charge in [-0.1, -0.05) is 40.9 Å². The molecule has 2 amide bonds. The van der Waals surface area contributed by atoms with Crippen LogP contribution in [0.5, 0.6) is 0 Å². The van der Waals surface area contributed by atoms with Gasteiger partial charge in [0.05, 0.1) is 27.4 Å². The molecule has 1 aliphatic rings. The first kappa shape index (κ1) is 26.1. The molecule has 2 atom stereocenters. The Balaban J connectivity index is 1.36. The number of aromatic nitrogens is 2. The van der Waals surface area contributed by atoms with Gasteiger partial charge in [-0.05, 0) is 54.1 Å². The standard InChI is InChI=1S/C25H16Cl5FN4O2/c1-35-18-4-2-3-17(31)19(18)22(34-35)33-23(36)15-10-14(5-6-16(15)28)32-24(37)21-20(25(21,29)30)11-7-12(26)9-13(27)8-11/h2-10,20-21H,1H3,(H,32,37)(H,33,34,36)/t20-,21+/m1/s1. The molecule has 1 heterocycles. The minimum absolute atomic E-state index is 0.0428. The number of hydrogen-bond donors (Lipinski definition) is 2. The van der Waals surface area contributed by atoms with E-state index in [1.54, 1.807) is 37.4 Å². The number of alkyl halides is 2. The van der Waals surface area contributed by atoms with Gasteiger partial charge < -0.3 is 10.6 Å². The third kappa shape index (κ3) is 4.87. The summed E-state index contributed by atoms with van der Waals surface area (Å²) in [5.41, 5.74) is 1.48. The van der Waals surface area contributed by atoms with Crippen LogP contribution < -0.4 is 10.6 Å². The van der Waals surface area contributed by atoms with Crippen LogP contribution in [0.15, 0.2) is 54.6 Å². The van der Waals surface area contributed by atoms with E-state index in [0.717, 1.165) is 0 Å².